The summed E-state index contributed by atoms with van der Waals surface area (Å²) in [6.07, 6.45) is 0. The normalized spacial score (nSPS) is 12.0. The zero-order chi connectivity index (χ0) is 14.3. The molecule has 1 aromatic rings. The van der Waals surface area contributed by atoms with Gasteiger partial charge in [0.2, 0.25) is 5.91 Å². The van der Waals surface area contributed by atoms with Crippen molar-refractivity contribution in [1.82, 2.24) is 5.32 Å². The summed E-state index contributed by atoms with van der Waals surface area (Å²) in [5.74, 6) is -0.0219. The highest BCUT2D eigenvalue weighted by atomic mass is 16.5. The van der Waals surface area contributed by atoms with E-state index in [-0.39, 0.29) is 11.9 Å². The van der Waals surface area contributed by atoms with Gasteiger partial charge in [-0.25, -0.2) is 0 Å². The molecule has 0 spiro atoms. The van der Waals surface area contributed by atoms with Crippen LogP contribution < -0.4 is 16.0 Å². The van der Waals surface area contributed by atoms with E-state index in [0.29, 0.717) is 19.7 Å². The standard InChI is InChI=1S/C14H23N3O2/c1-11(14(18)16-8-9-19-3)17(2)13-7-5-4-6-12(13)10-15/h4-7,11H,8-10,15H2,1-3H3,(H,16,18). The van der Waals surface area contributed by atoms with Crippen LogP contribution in [-0.2, 0) is 16.1 Å². The van der Waals surface area contributed by atoms with Gasteiger partial charge in [0.1, 0.15) is 6.04 Å². The van der Waals surface area contributed by atoms with E-state index in [0.717, 1.165) is 11.3 Å². The van der Waals surface area contributed by atoms with Crippen LogP contribution >= 0.6 is 0 Å². The minimum atomic E-state index is -0.260. The van der Waals surface area contributed by atoms with Crippen LogP contribution in [0.2, 0.25) is 0 Å². The van der Waals surface area contributed by atoms with Crippen LogP contribution in [0.4, 0.5) is 5.69 Å². The molecule has 3 N–H and O–H groups in total. The Kier molecular flexibility index (Phi) is 6.32. The molecule has 19 heavy (non-hydrogen) atoms. The van der Waals surface area contributed by atoms with E-state index < -0.39 is 0 Å². The quantitative estimate of drug-likeness (QED) is 0.713. The van der Waals surface area contributed by atoms with Crippen molar-refractivity contribution in [2.75, 3.05) is 32.2 Å². The van der Waals surface area contributed by atoms with Crippen molar-refractivity contribution in [3.05, 3.63) is 29.8 Å². The molecule has 0 saturated heterocycles. The lowest BCUT2D eigenvalue weighted by molar-refractivity contribution is -0.122. The summed E-state index contributed by atoms with van der Waals surface area (Å²) in [6.45, 7) is 3.36. The van der Waals surface area contributed by atoms with Crippen LogP contribution in [0.5, 0.6) is 0 Å². The first-order valence-electron chi connectivity index (χ1n) is 6.39. The average molecular weight is 265 g/mol. The number of amides is 1. The van der Waals surface area contributed by atoms with Gasteiger partial charge in [-0.3, -0.25) is 4.79 Å². The Bertz CT molecular complexity index is 409. The zero-order valence-electron chi connectivity index (χ0n) is 11.8. The average Bonchev–Trinajstić information content (AvgIpc) is 2.45. The minimum Gasteiger partial charge on any atom is -0.383 e. The highest BCUT2D eigenvalue weighted by molar-refractivity contribution is 5.85. The Hall–Kier alpha value is -1.59. The fourth-order valence-electron chi connectivity index (χ4n) is 1.84. The van der Waals surface area contributed by atoms with E-state index in [1.165, 1.54) is 0 Å². The molecule has 0 heterocycles. The zero-order valence-corrected chi connectivity index (χ0v) is 11.8. The molecule has 1 unspecified atom stereocenters. The van der Waals surface area contributed by atoms with Gasteiger partial charge < -0.3 is 20.7 Å². The second-order valence-electron chi connectivity index (χ2n) is 4.40. The lowest BCUT2D eigenvalue weighted by atomic mass is 10.1. The number of rotatable bonds is 7. The molecule has 0 aliphatic carbocycles. The maximum Gasteiger partial charge on any atom is 0.242 e. The summed E-state index contributed by atoms with van der Waals surface area (Å²) in [7, 11) is 3.51. The van der Waals surface area contributed by atoms with E-state index >= 15 is 0 Å². The maximum atomic E-state index is 12.0. The van der Waals surface area contributed by atoms with Crippen LogP contribution in [0.1, 0.15) is 12.5 Å². The van der Waals surface area contributed by atoms with Gasteiger partial charge in [0, 0.05) is 32.9 Å². The molecule has 106 valence electrons. The fourth-order valence-corrected chi connectivity index (χ4v) is 1.84. The number of nitrogens with zero attached hydrogens (tertiary/aromatic N) is 1. The highest BCUT2D eigenvalue weighted by Gasteiger charge is 2.19. The summed E-state index contributed by atoms with van der Waals surface area (Å²) in [5, 5.41) is 2.83. The van der Waals surface area contributed by atoms with Crippen LogP contribution in [0, 0.1) is 0 Å². The molecule has 0 fully saturated rings. The predicted molar refractivity (Wildman–Crippen MR) is 77.1 cm³/mol. The van der Waals surface area contributed by atoms with E-state index in [4.69, 9.17) is 10.5 Å². The van der Waals surface area contributed by atoms with Gasteiger partial charge in [0.05, 0.1) is 6.61 Å². The monoisotopic (exact) mass is 265 g/mol. The predicted octanol–water partition coefficient (Wildman–Crippen LogP) is 0.733. The largest absolute Gasteiger partial charge is 0.383 e. The first kappa shape index (κ1) is 15.5. The molecule has 0 aliphatic rings. The van der Waals surface area contributed by atoms with E-state index in [2.05, 4.69) is 5.32 Å². The fraction of sp³-hybridized carbons (Fsp3) is 0.500. The number of anilines is 1. The summed E-state index contributed by atoms with van der Waals surface area (Å²) >= 11 is 0. The van der Waals surface area contributed by atoms with Gasteiger partial charge in [-0.05, 0) is 18.6 Å². The number of methoxy groups -OCH3 is 1. The second-order valence-corrected chi connectivity index (χ2v) is 4.40. The number of likely N-dealkylation sites (N-methyl/N-ethyl adjacent to an activating group) is 1. The first-order chi connectivity index (χ1) is 9.11. The smallest absolute Gasteiger partial charge is 0.242 e. The molecular weight excluding hydrogens is 242 g/mol. The van der Waals surface area contributed by atoms with Crippen LogP contribution in [-0.4, -0.2) is 39.3 Å². The third-order valence-corrected chi connectivity index (χ3v) is 3.16. The number of hydrogen-bond donors (Lipinski definition) is 2. The maximum absolute atomic E-state index is 12.0. The Morgan fingerprint density at radius 3 is 2.79 bits per heavy atom. The summed E-state index contributed by atoms with van der Waals surface area (Å²) in [6, 6.07) is 7.58. The number of hydrogen-bond acceptors (Lipinski definition) is 4. The molecule has 0 saturated carbocycles. The summed E-state index contributed by atoms with van der Waals surface area (Å²) in [5.41, 5.74) is 7.73. The highest BCUT2D eigenvalue weighted by Crippen LogP contribution is 2.20. The molecular formula is C14H23N3O2. The number of ether oxygens (including phenoxy) is 1. The Labute approximate surface area is 114 Å². The van der Waals surface area contributed by atoms with Crippen molar-refractivity contribution < 1.29 is 9.53 Å². The van der Waals surface area contributed by atoms with Crippen molar-refractivity contribution in [1.29, 1.82) is 0 Å². The minimum absolute atomic E-state index is 0.0219. The molecule has 0 aliphatic heterocycles. The van der Waals surface area contributed by atoms with Gasteiger partial charge in [-0.2, -0.15) is 0 Å². The SMILES string of the molecule is COCCNC(=O)C(C)N(C)c1ccccc1CN. The molecule has 1 rings (SSSR count). The lowest BCUT2D eigenvalue weighted by Gasteiger charge is -2.28. The molecule has 1 atom stereocenters. The van der Waals surface area contributed by atoms with Crippen molar-refractivity contribution >= 4 is 11.6 Å². The Morgan fingerprint density at radius 2 is 2.16 bits per heavy atom. The molecule has 0 bridgehead atoms. The molecule has 0 radical (unpaired) electrons. The number of benzene rings is 1. The van der Waals surface area contributed by atoms with E-state index in [1.54, 1.807) is 7.11 Å². The first-order valence-corrected chi connectivity index (χ1v) is 6.39. The van der Waals surface area contributed by atoms with Crippen molar-refractivity contribution in [2.45, 2.75) is 19.5 Å². The molecule has 5 nitrogen and oxygen atoms in total. The third kappa shape index (κ3) is 4.22. The lowest BCUT2D eigenvalue weighted by Crippen LogP contribution is -2.44. The van der Waals surface area contributed by atoms with Crippen LogP contribution in [0.3, 0.4) is 0 Å². The molecule has 1 amide bonds. The molecule has 5 heteroatoms. The van der Waals surface area contributed by atoms with Crippen molar-refractivity contribution in [2.24, 2.45) is 5.73 Å². The number of nitrogens with one attached hydrogen (secondary N) is 1. The van der Waals surface area contributed by atoms with Gasteiger partial charge in [-0.1, -0.05) is 18.2 Å². The summed E-state index contributed by atoms with van der Waals surface area (Å²) in [4.78, 5) is 13.9. The second kappa shape index (κ2) is 7.76. The van der Waals surface area contributed by atoms with Gasteiger partial charge in [0.25, 0.3) is 0 Å². The molecule has 0 aromatic heterocycles. The van der Waals surface area contributed by atoms with Crippen molar-refractivity contribution in [3.8, 4) is 0 Å². The van der Waals surface area contributed by atoms with Gasteiger partial charge in [-0.15, -0.1) is 0 Å². The van der Waals surface area contributed by atoms with E-state index in [1.807, 2.05) is 43.1 Å². The number of carbonyl (C=O) groups excluding carboxylic acids is 1. The topological polar surface area (TPSA) is 67.6 Å². The van der Waals surface area contributed by atoms with Gasteiger partial charge in [0.15, 0.2) is 0 Å². The van der Waals surface area contributed by atoms with Gasteiger partial charge >= 0.3 is 0 Å². The number of carbonyl (C=O) groups is 1. The molecule has 1 aromatic carbocycles. The Balaban J connectivity index is 2.70. The summed E-state index contributed by atoms with van der Waals surface area (Å²) < 4.78 is 4.91. The van der Waals surface area contributed by atoms with Crippen molar-refractivity contribution in [3.63, 3.8) is 0 Å². The third-order valence-electron chi connectivity index (χ3n) is 3.16. The number of para-hydroxylation sites is 1. The Morgan fingerprint density at radius 1 is 1.47 bits per heavy atom. The van der Waals surface area contributed by atoms with E-state index in [9.17, 15) is 4.79 Å². The van der Waals surface area contributed by atoms with Crippen LogP contribution in [0.25, 0.3) is 0 Å². The van der Waals surface area contributed by atoms with Crippen LogP contribution in [0.15, 0.2) is 24.3 Å². The number of nitrogens with two attached hydrogens (primary N) is 1.